The van der Waals surface area contributed by atoms with E-state index in [-0.39, 0.29) is 11.7 Å². The summed E-state index contributed by atoms with van der Waals surface area (Å²) in [4.78, 5) is 15.2. The van der Waals surface area contributed by atoms with Crippen molar-refractivity contribution in [3.8, 4) is 28.5 Å². The van der Waals surface area contributed by atoms with Gasteiger partial charge in [-0.1, -0.05) is 12.1 Å². The smallest absolute Gasteiger partial charge is 0.273 e. The zero-order valence-electron chi connectivity index (χ0n) is 20.3. The first-order chi connectivity index (χ1) is 16.4. The van der Waals surface area contributed by atoms with Crippen LogP contribution in [-0.2, 0) is 4.74 Å². The number of ether oxygens (including phenoxy) is 3. The molecule has 1 aliphatic heterocycles. The molecule has 8 nitrogen and oxygen atoms in total. The zero-order chi connectivity index (χ0) is 24.4. The Balaban J connectivity index is 1.90. The second kappa shape index (κ2) is 9.77. The van der Waals surface area contributed by atoms with Crippen LogP contribution in [-0.4, -0.2) is 59.6 Å². The first-order valence-corrected chi connectivity index (χ1v) is 11.5. The summed E-state index contributed by atoms with van der Waals surface area (Å²) < 4.78 is 16.9. The Labute approximate surface area is 199 Å². The molecule has 1 aliphatic rings. The number of carbonyl (C=O) groups is 1. The van der Waals surface area contributed by atoms with Crippen molar-refractivity contribution in [3.63, 3.8) is 0 Å². The van der Waals surface area contributed by atoms with Gasteiger partial charge in [0.05, 0.1) is 25.9 Å². The molecule has 2 heterocycles. The van der Waals surface area contributed by atoms with Crippen LogP contribution in [0.1, 0.15) is 52.6 Å². The van der Waals surface area contributed by atoms with Crippen molar-refractivity contribution in [1.29, 1.82) is 0 Å². The highest BCUT2D eigenvalue weighted by molar-refractivity contribution is 6.00. The number of nitrogens with zero attached hydrogens (tertiary/aromatic N) is 2. The van der Waals surface area contributed by atoms with Crippen molar-refractivity contribution in [2.75, 3.05) is 33.5 Å². The van der Waals surface area contributed by atoms with Gasteiger partial charge in [-0.15, -0.1) is 0 Å². The lowest BCUT2D eigenvalue weighted by molar-refractivity contribution is 0.0677. The number of rotatable bonds is 9. The normalized spacial score (nSPS) is 15.0. The van der Waals surface area contributed by atoms with Gasteiger partial charge in [0.1, 0.15) is 17.1 Å². The molecule has 180 valence electrons. The molecule has 0 saturated carbocycles. The van der Waals surface area contributed by atoms with E-state index in [9.17, 15) is 9.90 Å². The lowest BCUT2D eigenvalue weighted by Crippen LogP contribution is -2.32. The van der Waals surface area contributed by atoms with Crippen LogP contribution in [0.3, 0.4) is 0 Å². The highest BCUT2D eigenvalue weighted by Gasteiger charge is 2.42. The molecule has 0 spiro atoms. The lowest BCUT2D eigenvalue weighted by atomic mass is 9.93. The first-order valence-electron chi connectivity index (χ1n) is 11.5. The number of amides is 1. The summed E-state index contributed by atoms with van der Waals surface area (Å²) in [5.74, 6) is 1.25. The van der Waals surface area contributed by atoms with Crippen LogP contribution in [0, 0.1) is 13.8 Å². The molecule has 2 aromatic carbocycles. The topological polar surface area (TPSA) is 96.9 Å². The number of fused-ring (bicyclic) bond motifs is 1. The van der Waals surface area contributed by atoms with Crippen molar-refractivity contribution in [2.24, 2.45) is 0 Å². The lowest BCUT2D eigenvalue weighted by Gasteiger charge is -2.27. The summed E-state index contributed by atoms with van der Waals surface area (Å²) in [5.41, 5.74) is 5.03. The van der Waals surface area contributed by atoms with Gasteiger partial charge in [0.15, 0.2) is 11.5 Å². The number of phenols is 1. The fourth-order valence-corrected chi connectivity index (χ4v) is 4.65. The maximum absolute atomic E-state index is 13.4. The Bertz CT molecular complexity index is 1180. The van der Waals surface area contributed by atoms with E-state index in [1.165, 1.54) is 0 Å². The van der Waals surface area contributed by atoms with E-state index in [1.54, 1.807) is 18.1 Å². The number of aromatic nitrogens is 2. The van der Waals surface area contributed by atoms with E-state index in [1.807, 2.05) is 52.0 Å². The average Bonchev–Trinajstić information content (AvgIpc) is 3.32. The minimum atomic E-state index is -0.429. The van der Waals surface area contributed by atoms with Crippen molar-refractivity contribution >= 4 is 5.91 Å². The molecule has 0 aliphatic carbocycles. The van der Waals surface area contributed by atoms with Crippen LogP contribution >= 0.6 is 0 Å². The van der Waals surface area contributed by atoms with Crippen molar-refractivity contribution in [3.05, 3.63) is 58.3 Å². The molecule has 0 bridgehead atoms. The molecule has 1 atom stereocenters. The third-order valence-corrected chi connectivity index (χ3v) is 5.98. The van der Waals surface area contributed by atoms with Gasteiger partial charge in [0.2, 0.25) is 0 Å². The molecule has 1 unspecified atom stereocenters. The number of hydrogen-bond acceptors (Lipinski definition) is 6. The molecule has 34 heavy (non-hydrogen) atoms. The van der Waals surface area contributed by atoms with Crippen molar-refractivity contribution in [2.45, 2.75) is 33.7 Å². The number of H-pyrrole nitrogens is 1. The van der Waals surface area contributed by atoms with Gasteiger partial charge in [-0.25, -0.2) is 0 Å². The van der Waals surface area contributed by atoms with Gasteiger partial charge in [-0.3, -0.25) is 9.89 Å². The number of benzene rings is 2. The monoisotopic (exact) mass is 465 g/mol. The van der Waals surface area contributed by atoms with E-state index < -0.39 is 6.04 Å². The fraction of sp³-hybridized carbons (Fsp3) is 0.385. The van der Waals surface area contributed by atoms with Crippen LogP contribution in [0.5, 0.6) is 17.2 Å². The Morgan fingerprint density at radius 2 is 1.82 bits per heavy atom. The summed E-state index contributed by atoms with van der Waals surface area (Å²) in [6, 6.07) is 9.01. The number of aryl methyl sites for hydroxylation is 2. The summed E-state index contributed by atoms with van der Waals surface area (Å²) in [6.07, 6.45) is 0. The number of phenolic OH excluding ortho intramolecular Hbond substituents is 1. The molecular weight excluding hydrogens is 434 g/mol. The van der Waals surface area contributed by atoms with Crippen molar-refractivity contribution in [1.82, 2.24) is 15.1 Å². The number of carbonyl (C=O) groups excluding carboxylic acids is 1. The maximum atomic E-state index is 13.4. The molecule has 2 N–H and O–H groups in total. The predicted octanol–water partition coefficient (Wildman–Crippen LogP) is 4.39. The molecule has 4 rings (SSSR count). The molecule has 8 heteroatoms. The minimum absolute atomic E-state index is 0.134. The Hall–Kier alpha value is -3.52. The summed E-state index contributed by atoms with van der Waals surface area (Å²) in [7, 11) is 1.61. The molecule has 3 aromatic rings. The molecule has 1 amide bonds. The Kier molecular flexibility index (Phi) is 6.79. The number of aromatic hydroxyl groups is 1. The van der Waals surface area contributed by atoms with Gasteiger partial charge in [-0.2, -0.15) is 5.10 Å². The van der Waals surface area contributed by atoms with Crippen molar-refractivity contribution < 1.29 is 24.1 Å². The molecule has 0 saturated heterocycles. The summed E-state index contributed by atoms with van der Waals surface area (Å²) in [5, 5.41) is 18.2. The first kappa shape index (κ1) is 23.6. The zero-order valence-corrected chi connectivity index (χ0v) is 20.3. The van der Waals surface area contributed by atoms with Crippen LogP contribution in [0.4, 0.5) is 0 Å². The van der Waals surface area contributed by atoms with E-state index in [2.05, 4.69) is 10.2 Å². The highest BCUT2D eigenvalue weighted by atomic mass is 16.5. The number of nitrogens with one attached hydrogen (secondary N) is 1. The summed E-state index contributed by atoms with van der Waals surface area (Å²) >= 11 is 0. The third-order valence-electron chi connectivity index (χ3n) is 5.98. The third kappa shape index (κ3) is 4.09. The van der Waals surface area contributed by atoms with Gasteiger partial charge in [-0.05, 0) is 62.6 Å². The van der Waals surface area contributed by atoms with Gasteiger partial charge < -0.3 is 24.2 Å². The Morgan fingerprint density at radius 1 is 1.09 bits per heavy atom. The van der Waals surface area contributed by atoms with Crippen LogP contribution < -0.4 is 9.47 Å². The molecule has 1 aromatic heterocycles. The van der Waals surface area contributed by atoms with E-state index in [0.29, 0.717) is 54.8 Å². The van der Waals surface area contributed by atoms with Gasteiger partial charge in [0, 0.05) is 24.8 Å². The maximum Gasteiger partial charge on any atom is 0.273 e. The predicted molar refractivity (Wildman–Crippen MR) is 129 cm³/mol. The van der Waals surface area contributed by atoms with Gasteiger partial charge >= 0.3 is 0 Å². The number of methoxy groups -OCH3 is 1. The standard InChI is InChI=1S/C26H31N3O5/c1-6-33-19-9-8-17(14-20(19)34-7-2)25-22-23(21-16(4)12-15(3)13-18(21)30)27-28-24(22)26(31)29(25)10-11-32-5/h8-9,12-14,25,30H,6-7,10-11H2,1-5H3,(H,27,28). The van der Waals surface area contributed by atoms with Crippen LogP contribution in [0.15, 0.2) is 30.3 Å². The van der Waals surface area contributed by atoms with E-state index >= 15 is 0 Å². The molecular formula is C26H31N3O5. The van der Waals surface area contributed by atoms with E-state index in [0.717, 1.165) is 22.3 Å². The quantitative estimate of drug-likeness (QED) is 0.487. The van der Waals surface area contributed by atoms with Crippen LogP contribution in [0.25, 0.3) is 11.3 Å². The fourth-order valence-electron chi connectivity index (χ4n) is 4.65. The molecule has 0 fully saturated rings. The molecule has 0 radical (unpaired) electrons. The second-order valence-electron chi connectivity index (χ2n) is 8.30. The van der Waals surface area contributed by atoms with E-state index in [4.69, 9.17) is 14.2 Å². The van der Waals surface area contributed by atoms with Crippen LogP contribution in [0.2, 0.25) is 0 Å². The minimum Gasteiger partial charge on any atom is -0.507 e. The number of hydrogen-bond donors (Lipinski definition) is 2. The Morgan fingerprint density at radius 3 is 2.50 bits per heavy atom. The highest BCUT2D eigenvalue weighted by Crippen LogP contribution is 2.46. The summed E-state index contributed by atoms with van der Waals surface area (Å²) in [6.45, 7) is 9.49. The largest absolute Gasteiger partial charge is 0.507 e. The van der Waals surface area contributed by atoms with Gasteiger partial charge in [0.25, 0.3) is 5.91 Å². The second-order valence-corrected chi connectivity index (χ2v) is 8.30. The average molecular weight is 466 g/mol. The number of aromatic amines is 1. The SMILES string of the molecule is CCOc1ccc(C2c3c(-c4c(C)cc(C)cc4O)n[nH]c3C(=O)N2CCOC)cc1OCC.